The maximum Gasteiger partial charge on any atom is 0.326 e. The maximum absolute atomic E-state index is 10.9. The molecule has 0 bridgehead atoms. The number of rotatable bonds is 4. The summed E-state index contributed by atoms with van der Waals surface area (Å²) >= 11 is 0. The molecular formula is C10H14N2O2. The van der Waals surface area contributed by atoms with Crippen LogP contribution in [0.2, 0.25) is 0 Å². The Balaban J connectivity index is 2.70. The van der Waals surface area contributed by atoms with Gasteiger partial charge in [0.1, 0.15) is 6.04 Å². The molecule has 0 amide bonds. The van der Waals surface area contributed by atoms with Gasteiger partial charge in [0.15, 0.2) is 0 Å². The summed E-state index contributed by atoms with van der Waals surface area (Å²) in [5.41, 5.74) is 0.779. The molecule has 0 aromatic carbocycles. The molecule has 1 atom stereocenters. The Morgan fingerprint density at radius 1 is 1.43 bits per heavy atom. The standard InChI is InChI=1S/C10H14N2O2/c1-7(2)9(10(13)14)12-8-3-5-11-6-4-8/h3-7,9H,1-2H3,(H,11,12)(H,13,14)/t9-/m1/s1. The first kappa shape index (κ1) is 10.5. The largest absolute Gasteiger partial charge is 0.480 e. The Labute approximate surface area is 83.0 Å². The van der Waals surface area contributed by atoms with Crippen molar-refractivity contribution in [1.82, 2.24) is 4.98 Å². The SMILES string of the molecule is CC(C)[C@@H](Nc1ccncc1)C(=O)O. The zero-order valence-electron chi connectivity index (χ0n) is 8.27. The van der Waals surface area contributed by atoms with Crippen molar-refractivity contribution in [2.45, 2.75) is 19.9 Å². The number of hydrogen-bond donors (Lipinski definition) is 2. The fourth-order valence-corrected chi connectivity index (χ4v) is 1.14. The van der Waals surface area contributed by atoms with Gasteiger partial charge < -0.3 is 10.4 Å². The Kier molecular flexibility index (Phi) is 3.45. The number of carboxylic acids is 1. The van der Waals surface area contributed by atoms with Gasteiger partial charge >= 0.3 is 5.97 Å². The molecular weight excluding hydrogens is 180 g/mol. The first-order chi connectivity index (χ1) is 6.61. The number of aromatic nitrogens is 1. The fourth-order valence-electron chi connectivity index (χ4n) is 1.14. The number of hydrogen-bond acceptors (Lipinski definition) is 3. The second-order valence-electron chi connectivity index (χ2n) is 3.44. The minimum Gasteiger partial charge on any atom is -0.480 e. The molecule has 4 heteroatoms. The number of nitrogens with one attached hydrogen (secondary N) is 1. The van der Waals surface area contributed by atoms with Crippen molar-refractivity contribution in [2.24, 2.45) is 5.92 Å². The summed E-state index contributed by atoms with van der Waals surface area (Å²) in [4.78, 5) is 14.7. The first-order valence-corrected chi connectivity index (χ1v) is 4.50. The molecule has 2 N–H and O–H groups in total. The van der Waals surface area contributed by atoms with Crippen molar-refractivity contribution < 1.29 is 9.90 Å². The Hall–Kier alpha value is -1.58. The average Bonchev–Trinajstić information content (AvgIpc) is 2.15. The molecule has 0 unspecified atom stereocenters. The van der Waals surface area contributed by atoms with Crippen LogP contribution >= 0.6 is 0 Å². The molecule has 14 heavy (non-hydrogen) atoms. The van der Waals surface area contributed by atoms with Gasteiger partial charge in [0.05, 0.1) is 0 Å². The molecule has 0 fully saturated rings. The lowest BCUT2D eigenvalue weighted by Gasteiger charge is -2.18. The lowest BCUT2D eigenvalue weighted by Crippen LogP contribution is -2.34. The summed E-state index contributed by atoms with van der Waals surface area (Å²) in [7, 11) is 0. The molecule has 1 heterocycles. The third-order valence-corrected chi connectivity index (χ3v) is 1.94. The van der Waals surface area contributed by atoms with Gasteiger partial charge in [0.2, 0.25) is 0 Å². The van der Waals surface area contributed by atoms with Gasteiger partial charge in [-0.25, -0.2) is 4.79 Å². The van der Waals surface area contributed by atoms with Crippen LogP contribution in [-0.4, -0.2) is 22.1 Å². The van der Waals surface area contributed by atoms with Crippen molar-refractivity contribution in [3.63, 3.8) is 0 Å². The van der Waals surface area contributed by atoms with Crippen LogP contribution in [0, 0.1) is 5.92 Å². The van der Waals surface area contributed by atoms with Crippen LogP contribution in [0.3, 0.4) is 0 Å². The number of aliphatic carboxylic acids is 1. The van der Waals surface area contributed by atoms with E-state index in [0.29, 0.717) is 0 Å². The predicted octanol–water partition coefficient (Wildman–Crippen LogP) is 1.60. The molecule has 4 nitrogen and oxygen atoms in total. The van der Waals surface area contributed by atoms with Gasteiger partial charge in [0, 0.05) is 18.1 Å². The minimum absolute atomic E-state index is 0.0423. The topological polar surface area (TPSA) is 62.2 Å². The van der Waals surface area contributed by atoms with E-state index in [1.165, 1.54) is 0 Å². The third kappa shape index (κ3) is 2.73. The van der Waals surface area contributed by atoms with Crippen LogP contribution in [0.25, 0.3) is 0 Å². The second kappa shape index (κ2) is 4.60. The molecule has 1 rings (SSSR count). The van der Waals surface area contributed by atoms with E-state index in [2.05, 4.69) is 10.3 Å². The van der Waals surface area contributed by atoms with Gasteiger partial charge in [-0.3, -0.25) is 4.98 Å². The minimum atomic E-state index is -0.836. The van der Waals surface area contributed by atoms with Crippen molar-refractivity contribution in [2.75, 3.05) is 5.32 Å². The summed E-state index contributed by atoms with van der Waals surface area (Å²) in [6, 6.07) is 2.94. The van der Waals surface area contributed by atoms with E-state index >= 15 is 0 Å². The molecule has 0 aliphatic heterocycles. The van der Waals surface area contributed by atoms with Crippen molar-refractivity contribution in [3.8, 4) is 0 Å². The second-order valence-corrected chi connectivity index (χ2v) is 3.44. The normalized spacial score (nSPS) is 12.5. The van der Waals surface area contributed by atoms with Gasteiger partial charge in [-0.2, -0.15) is 0 Å². The lowest BCUT2D eigenvalue weighted by molar-refractivity contribution is -0.138. The highest BCUT2D eigenvalue weighted by Crippen LogP contribution is 2.11. The Morgan fingerprint density at radius 2 is 2.00 bits per heavy atom. The summed E-state index contributed by atoms with van der Waals surface area (Å²) in [6.07, 6.45) is 3.25. The van der Waals surface area contributed by atoms with E-state index in [1.54, 1.807) is 24.5 Å². The highest BCUT2D eigenvalue weighted by atomic mass is 16.4. The van der Waals surface area contributed by atoms with Crippen LogP contribution in [0.5, 0.6) is 0 Å². The highest BCUT2D eigenvalue weighted by molar-refractivity contribution is 5.77. The lowest BCUT2D eigenvalue weighted by atomic mass is 10.0. The smallest absolute Gasteiger partial charge is 0.326 e. The van der Waals surface area contributed by atoms with Gasteiger partial charge in [-0.15, -0.1) is 0 Å². The number of anilines is 1. The molecule has 1 aromatic heterocycles. The average molecular weight is 194 g/mol. The molecule has 1 aromatic rings. The van der Waals surface area contributed by atoms with Crippen molar-refractivity contribution in [3.05, 3.63) is 24.5 Å². The number of pyridine rings is 1. The molecule has 0 saturated heterocycles. The van der Waals surface area contributed by atoms with E-state index in [-0.39, 0.29) is 5.92 Å². The number of carbonyl (C=O) groups is 1. The monoisotopic (exact) mass is 194 g/mol. The van der Waals surface area contributed by atoms with E-state index in [4.69, 9.17) is 5.11 Å². The Bertz CT molecular complexity index is 298. The summed E-state index contributed by atoms with van der Waals surface area (Å²) in [5.74, 6) is -0.794. The summed E-state index contributed by atoms with van der Waals surface area (Å²) < 4.78 is 0. The zero-order chi connectivity index (χ0) is 10.6. The maximum atomic E-state index is 10.9. The quantitative estimate of drug-likeness (QED) is 0.764. The predicted molar refractivity (Wildman–Crippen MR) is 54.1 cm³/mol. The van der Waals surface area contributed by atoms with Crippen LogP contribution < -0.4 is 5.32 Å². The van der Waals surface area contributed by atoms with Gasteiger partial charge in [0.25, 0.3) is 0 Å². The number of nitrogens with zero attached hydrogens (tertiary/aromatic N) is 1. The van der Waals surface area contributed by atoms with Crippen LogP contribution in [0.4, 0.5) is 5.69 Å². The van der Waals surface area contributed by atoms with E-state index in [9.17, 15) is 4.79 Å². The van der Waals surface area contributed by atoms with Crippen molar-refractivity contribution >= 4 is 11.7 Å². The van der Waals surface area contributed by atoms with Crippen LogP contribution in [0.15, 0.2) is 24.5 Å². The fraction of sp³-hybridized carbons (Fsp3) is 0.400. The molecule has 76 valence electrons. The highest BCUT2D eigenvalue weighted by Gasteiger charge is 2.20. The van der Waals surface area contributed by atoms with Crippen LogP contribution in [0.1, 0.15) is 13.8 Å². The molecule has 0 aliphatic carbocycles. The van der Waals surface area contributed by atoms with E-state index in [1.807, 2.05) is 13.8 Å². The van der Waals surface area contributed by atoms with Crippen LogP contribution in [-0.2, 0) is 4.79 Å². The Morgan fingerprint density at radius 3 is 2.43 bits per heavy atom. The molecule has 0 saturated carbocycles. The molecule has 0 aliphatic rings. The van der Waals surface area contributed by atoms with E-state index < -0.39 is 12.0 Å². The summed E-state index contributed by atoms with van der Waals surface area (Å²) in [6.45, 7) is 3.74. The number of carboxylic acid groups (broad SMARTS) is 1. The van der Waals surface area contributed by atoms with Gasteiger partial charge in [-0.1, -0.05) is 13.8 Å². The first-order valence-electron chi connectivity index (χ1n) is 4.50. The van der Waals surface area contributed by atoms with E-state index in [0.717, 1.165) is 5.69 Å². The molecule has 0 spiro atoms. The molecule has 0 radical (unpaired) electrons. The third-order valence-electron chi connectivity index (χ3n) is 1.94. The van der Waals surface area contributed by atoms with Gasteiger partial charge in [-0.05, 0) is 18.1 Å². The van der Waals surface area contributed by atoms with Crippen molar-refractivity contribution in [1.29, 1.82) is 0 Å². The summed E-state index contributed by atoms with van der Waals surface area (Å²) in [5, 5.41) is 11.9. The zero-order valence-corrected chi connectivity index (χ0v) is 8.27.